The van der Waals surface area contributed by atoms with Gasteiger partial charge in [0.2, 0.25) is 10.0 Å². The standard InChI is InChI=1S/C12H15BrFN3O3S/c13-9-2-3-10(14)11(8-9)21(19,20)17-5-1-4-16(6-7-17)12(15)18/h2-3,8H,1,4-7H2,(H2,15,18). The number of primary amides is 1. The number of hydrogen-bond donors (Lipinski definition) is 1. The van der Waals surface area contributed by atoms with Crippen LogP contribution >= 0.6 is 15.9 Å². The number of carbonyl (C=O) groups is 1. The van der Waals surface area contributed by atoms with Crippen molar-refractivity contribution in [2.75, 3.05) is 26.2 Å². The molecule has 0 atom stereocenters. The zero-order valence-electron chi connectivity index (χ0n) is 11.1. The Morgan fingerprint density at radius 3 is 2.62 bits per heavy atom. The molecular formula is C12H15BrFN3O3S. The number of rotatable bonds is 2. The van der Waals surface area contributed by atoms with Crippen LogP contribution in [0.1, 0.15) is 6.42 Å². The lowest BCUT2D eigenvalue weighted by Crippen LogP contribution is -2.39. The van der Waals surface area contributed by atoms with Crippen LogP contribution in [-0.4, -0.2) is 49.8 Å². The first-order chi connectivity index (χ1) is 9.82. The van der Waals surface area contributed by atoms with Crippen LogP contribution < -0.4 is 5.73 Å². The van der Waals surface area contributed by atoms with Crippen molar-refractivity contribution in [2.45, 2.75) is 11.3 Å². The highest BCUT2D eigenvalue weighted by molar-refractivity contribution is 9.10. The van der Waals surface area contributed by atoms with Crippen molar-refractivity contribution >= 4 is 32.0 Å². The Hall–Kier alpha value is -1.19. The summed E-state index contributed by atoms with van der Waals surface area (Å²) in [5.74, 6) is -0.797. The van der Waals surface area contributed by atoms with E-state index in [9.17, 15) is 17.6 Å². The topological polar surface area (TPSA) is 83.7 Å². The molecule has 0 spiro atoms. The maximum Gasteiger partial charge on any atom is 0.314 e. The normalized spacial score (nSPS) is 17.5. The SMILES string of the molecule is NC(=O)N1CCCN(S(=O)(=O)c2cc(Br)ccc2F)CC1. The minimum atomic E-state index is -3.94. The van der Waals surface area contributed by atoms with Crippen molar-refractivity contribution in [2.24, 2.45) is 5.73 Å². The first-order valence-electron chi connectivity index (χ1n) is 6.32. The molecule has 2 rings (SSSR count). The van der Waals surface area contributed by atoms with E-state index in [1.807, 2.05) is 0 Å². The van der Waals surface area contributed by atoms with Crippen LogP contribution in [0.3, 0.4) is 0 Å². The van der Waals surface area contributed by atoms with Gasteiger partial charge in [0.15, 0.2) is 0 Å². The van der Waals surface area contributed by atoms with E-state index in [1.54, 1.807) is 0 Å². The number of nitrogens with two attached hydrogens (primary N) is 1. The average Bonchev–Trinajstić information content (AvgIpc) is 2.67. The van der Waals surface area contributed by atoms with Gasteiger partial charge in [-0.05, 0) is 24.6 Å². The maximum absolute atomic E-state index is 13.8. The average molecular weight is 380 g/mol. The van der Waals surface area contributed by atoms with Crippen LogP contribution in [0.25, 0.3) is 0 Å². The van der Waals surface area contributed by atoms with Crippen molar-refractivity contribution in [3.05, 3.63) is 28.5 Å². The van der Waals surface area contributed by atoms with Crippen LogP contribution in [-0.2, 0) is 10.0 Å². The second-order valence-electron chi connectivity index (χ2n) is 4.66. The van der Waals surface area contributed by atoms with Crippen molar-refractivity contribution in [1.82, 2.24) is 9.21 Å². The van der Waals surface area contributed by atoms with Crippen molar-refractivity contribution in [3.63, 3.8) is 0 Å². The van der Waals surface area contributed by atoms with Crippen LogP contribution in [0.5, 0.6) is 0 Å². The lowest BCUT2D eigenvalue weighted by molar-refractivity contribution is 0.210. The van der Waals surface area contributed by atoms with E-state index in [4.69, 9.17) is 5.73 Å². The van der Waals surface area contributed by atoms with Gasteiger partial charge in [0, 0.05) is 30.7 Å². The molecular weight excluding hydrogens is 365 g/mol. The molecule has 1 saturated heterocycles. The van der Waals surface area contributed by atoms with Gasteiger partial charge in [-0.2, -0.15) is 4.31 Å². The van der Waals surface area contributed by atoms with Gasteiger partial charge in [-0.15, -0.1) is 0 Å². The first-order valence-corrected chi connectivity index (χ1v) is 8.55. The smallest absolute Gasteiger partial charge is 0.314 e. The minimum absolute atomic E-state index is 0.0945. The molecule has 6 nitrogen and oxygen atoms in total. The van der Waals surface area contributed by atoms with E-state index < -0.39 is 21.9 Å². The van der Waals surface area contributed by atoms with E-state index in [1.165, 1.54) is 21.3 Å². The summed E-state index contributed by atoms with van der Waals surface area (Å²) in [5, 5.41) is 0. The fourth-order valence-electron chi connectivity index (χ4n) is 2.17. The second-order valence-corrected chi connectivity index (χ2v) is 7.48. The van der Waals surface area contributed by atoms with Gasteiger partial charge < -0.3 is 10.6 Å². The largest absolute Gasteiger partial charge is 0.351 e. The van der Waals surface area contributed by atoms with Gasteiger partial charge in [0.05, 0.1) is 0 Å². The third kappa shape index (κ3) is 3.53. The third-order valence-electron chi connectivity index (χ3n) is 3.28. The van der Waals surface area contributed by atoms with Crippen LogP contribution in [0.2, 0.25) is 0 Å². The van der Waals surface area contributed by atoms with Gasteiger partial charge in [-0.3, -0.25) is 0 Å². The first kappa shape index (κ1) is 16.2. The van der Waals surface area contributed by atoms with Gasteiger partial charge in [0.1, 0.15) is 10.7 Å². The molecule has 0 bridgehead atoms. The quantitative estimate of drug-likeness (QED) is 0.841. The third-order valence-corrected chi connectivity index (χ3v) is 5.68. The molecule has 2 N–H and O–H groups in total. The van der Waals surface area contributed by atoms with Crippen molar-refractivity contribution in [3.8, 4) is 0 Å². The summed E-state index contributed by atoms with van der Waals surface area (Å²) in [6.45, 7) is 0.905. The number of hydrogen-bond acceptors (Lipinski definition) is 3. The highest BCUT2D eigenvalue weighted by Gasteiger charge is 2.30. The Balaban J connectivity index is 2.27. The lowest BCUT2D eigenvalue weighted by atomic mass is 10.3. The Morgan fingerprint density at radius 1 is 1.24 bits per heavy atom. The van der Waals surface area contributed by atoms with E-state index >= 15 is 0 Å². The van der Waals surface area contributed by atoms with Gasteiger partial charge >= 0.3 is 6.03 Å². The molecule has 0 radical (unpaired) electrons. The van der Waals surface area contributed by atoms with E-state index in [-0.39, 0.29) is 24.5 Å². The molecule has 0 unspecified atom stereocenters. The number of amides is 2. The monoisotopic (exact) mass is 379 g/mol. The van der Waals surface area contributed by atoms with E-state index in [0.717, 1.165) is 6.07 Å². The molecule has 1 aliphatic heterocycles. The van der Waals surface area contributed by atoms with Crippen LogP contribution in [0.15, 0.2) is 27.6 Å². The van der Waals surface area contributed by atoms with E-state index in [2.05, 4.69) is 15.9 Å². The molecule has 1 aromatic rings. The predicted octanol–water partition coefficient (Wildman–Crippen LogP) is 1.36. The molecule has 0 aromatic heterocycles. The van der Waals surface area contributed by atoms with Gasteiger partial charge in [0.25, 0.3) is 0 Å². The Bertz CT molecular complexity index is 653. The van der Waals surface area contributed by atoms with Crippen molar-refractivity contribution in [1.29, 1.82) is 0 Å². The second kappa shape index (κ2) is 6.29. The number of carbonyl (C=O) groups excluding carboxylic acids is 1. The highest BCUT2D eigenvalue weighted by atomic mass is 79.9. The summed E-state index contributed by atoms with van der Waals surface area (Å²) in [6.07, 6.45) is 0.456. The Kier molecular flexibility index (Phi) is 4.84. The summed E-state index contributed by atoms with van der Waals surface area (Å²) < 4.78 is 40.5. The number of sulfonamides is 1. The summed E-state index contributed by atoms with van der Waals surface area (Å²) >= 11 is 3.14. The van der Waals surface area contributed by atoms with Gasteiger partial charge in [-0.25, -0.2) is 17.6 Å². The molecule has 1 heterocycles. The lowest BCUT2D eigenvalue weighted by Gasteiger charge is -2.21. The Labute approximate surface area is 130 Å². The minimum Gasteiger partial charge on any atom is -0.351 e. The molecule has 21 heavy (non-hydrogen) atoms. The van der Waals surface area contributed by atoms with Crippen LogP contribution in [0, 0.1) is 5.82 Å². The summed E-state index contributed by atoms with van der Waals surface area (Å²) in [5.41, 5.74) is 5.20. The van der Waals surface area contributed by atoms with Gasteiger partial charge in [-0.1, -0.05) is 15.9 Å². The molecule has 1 fully saturated rings. The summed E-state index contributed by atoms with van der Waals surface area (Å²) in [6, 6.07) is 3.19. The number of urea groups is 1. The molecule has 116 valence electrons. The molecule has 2 amide bonds. The Morgan fingerprint density at radius 2 is 1.95 bits per heavy atom. The van der Waals surface area contributed by atoms with Crippen molar-refractivity contribution < 1.29 is 17.6 Å². The number of halogens is 2. The molecule has 0 saturated carbocycles. The number of benzene rings is 1. The predicted molar refractivity (Wildman–Crippen MR) is 78.6 cm³/mol. The molecule has 1 aliphatic rings. The zero-order chi connectivity index (χ0) is 15.6. The fraction of sp³-hybridized carbons (Fsp3) is 0.417. The van der Waals surface area contributed by atoms with Crippen LogP contribution in [0.4, 0.5) is 9.18 Å². The maximum atomic E-state index is 13.8. The summed E-state index contributed by atoms with van der Waals surface area (Å²) in [4.78, 5) is 12.2. The number of nitrogens with zero attached hydrogens (tertiary/aromatic N) is 2. The molecule has 1 aromatic carbocycles. The summed E-state index contributed by atoms with van der Waals surface area (Å²) in [7, 11) is -3.94. The fourth-order valence-corrected chi connectivity index (χ4v) is 4.24. The molecule has 9 heteroatoms. The van der Waals surface area contributed by atoms with E-state index in [0.29, 0.717) is 17.4 Å². The zero-order valence-corrected chi connectivity index (χ0v) is 13.5. The highest BCUT2D eigenvalue weighted by Crippen LogP contribution is 2.24. The molecule has 0 aliphatic carbocycles.